The molecule has 8 rings (SSSR count). The first kappa shape index (κ1) is 26.9. The molecule has 1 aromatic heterocycles. The molecule has 4 heteroatoms. The first-order chi connectivity index (χ1) is 20.2. The van der Waals surface area contributed by atoms with Crippen LogP contribution in [-0.2, 0) is 0 Å². The van der Waals surface area contributed by atoms with E-state index in [0.29, 0.717) is 11.8 Å². The van der Waals surface area contributed by atoms with Crippen LogP contribution >= 0.6 is 0 Å². The van der Waals surface area contributed by atoms with Gasteiger partial charge >= 0.3 is 249 Å². The van der Waals surface area contributed by atoms with Crippen LogP contribution < -0.4 is 10.7 Å². The zero-order valence-electron chi connectivity index (χ0n) is 23.5. The van der Waals surface area contributed by atoms with Crippen molar-refractivity contribution in [3.05, 3.63) is 133 Å². The quantitative estimate of drug-likeness (QED) is 0.226. The van der Waals surface area contributed by atoms with E-state index in [0.717, 1.165) is 36.0 Å². The summed E-state index contributed by atoms with van der Waals surface area (Å²) in [6.07, 6.45) is 4.94. The van der Waals surface area contributed by atoms with Gasteiger partial charge in [-0.25, -0.2) is 0 Å². The van der Waals surface area contributed by atoms with Crippen LogP contribution in [0.4, 0.5) is 0 Å². The Morgan fingerprint density at radius 2 is 1.34 bits per heavy atom. The van der Waals surface area contributed by atoms with Crippen molar-refractivity contribution in [3.63, 3.8) is 0 Å². The Morgan fingerprint density at radius 1 is 0.756 bits per heavy atom. The van der Waals surface area contributed by atoms with Crippen LogP contribution in [0.5, 0.6) is 0 Å². The standard InChI is InChI=1S/C19H23N2O.3C6H5.Sn/c1-2-13-12-21-10-8-14(13)11-18(21)19(22)16-7-9-20-17-6-4-3-5-15(16)17;3*1-2-4-6-5-3-1;/h3-7,9,13-14,18-19,22H,1-2,8,10-12H2;3*1-5H;. The van der Waals surface area contributed by atoms with E-state index in [1.54, 1.807) is 10.7 Å². The van der Waals surface area contributed by atoms with Gasteiger partial charge < -0.3 is 0 Å². The van der Waals surface area contributed by atoms with Crippen LogP contribution in [0.15, 0.2) is 128 Å². The number of pyridine rings is 1. The van der Waals surface area contributed by atoms with E-state index in [9.17, 15) is 5.11 Å². The molecule has 3 saturated heterocycles. The van der Waals surface area contributed by atoms with E-state index in [-0.39, 0.29) is 6.04 Å². The van der Waals surface area contributed by atoms with Crippen molar-refractivity contribution in [2.24, 2.45) is 11.8 Å². The second-order valence-corrected chi connectivity index (χ2v) is 23.5. The Balaban J connectivity index is 1.17. The average Bonchev–Trinajstić information content (AvgIpc) is 3.06. The molecule has 41 heavy (non-hydrogen) atoms. The summed E-state index contributed by atoms with van der Waals surface area (Å²) in [5, 5.41) is 12.8. The zero-order chi connectivity index (χ0) is 27.6. The van der Waals surface area contributed by atoms with Crippen molar-refractivity contribution in [1.29, 1.82) is 0 Å². The number of hydrogen-bond acceptors (Lipinski definition) is 3. The number of aliphatic hydroxyl groups excluding tert-OH is 1. The van der Waals surface area contributed by atoms with Crippen LogP contribution in [-0.4, -0.2) is 52.5 Å². The maximum absolute atomic E-state index is 11.7. The fraction of sp³-hybridized carbons (Fsp3) is 0.270. The second kappa shape index (κ2) is 11.7. The van der Waals surface area contributed by atoms with Crippen LogP contribution in [0.25, 0.3) is 10.9 Å². The molecule has 4 aromatic carbocycles. The van der Waals surface area contributed by atoms with Crippen molar-refractivity contribution in [2.75, 3.05) is 13.1 Å². The van der Waals surface area contributed by atoms with Gasteiger partial charge in [-0.15, -0.1) is 0 Å². The van der Waals surface area contributed by atoms with Gasteiger partial charge in [0.25, 0.3) is 0 Å². The predicted octanol–water partition coefficient (Wildman–Crippen LogP) is 5.54. The zero-order valence-corrected chi connectivity index (χ0v) is 26.4. The summed E-state index contributed by atoms with van der Waals surface area (Å²) in [5.74, 6) is 1.34. The Labute approximate surface area is 247 Å². The second-order valence-electron chi connectivity index (χ2n) is 12.0. The number of aliphatic hydroxyl groups is 1. The summed E-state index contributed by atoms with van der Waals surface area (Å²) in [7, 11) is 0. The van der Waals surface area contributed by atoms with Crippen molar-refractivity contribution in [3.8, 4) is 0 Å². The van der Waals surface area contributed by atoms with Crippen molar-refractivity contribution < 1.29 is 5.11 Å². The Hall–Kier alpha value is -2.99. The van der Waals surface area contributed by atoms with E-state index in [2.05, 4.69) is 107 Å². The molecule has 0 aliphatic carbocycles. The Kier molecular flexibility index (Phi) is 7.68. The summed E-state index contributed by atoms with van der Waals surface area (Å²) >= 11 is -3.27. The van der Waals surface area contributed by atoms with Gasteiger partial charge in [0.15, 0.2) is 0 Å². The number of fused-ring (bicyclic) bond motifs is 4. The monoisotopic (exact) mass is 646 g/mol. The summed E-state index contributed by atoms with van der Waals surface area (Å²) in [5.41, 5.74) is 1.99. The van der Waals surface area contributed by atoms with E-state index >= 15 is 0 Å². The van der Waals surface area contributed by atoms with E-state index in [1.807, 2.05) is 30.5 Å². The third-order valence-corrected chi connectivity index (χ3v) is 24.2. The molecule has 2 bridgehead atoms. The normalized spacial score (nSPS) is 23.0. The van der Waals surface area contributed by atoms with Crippen LogP contribution in [0.1, 0.15) is 30.9 Å². The third-order valence-electron chi connectivity index (χ3n) is 9.99. The fourth-order valence-corrected chi connectivity index (χ4v) is 22.1. The van der Waals surface area contributed by atoms with Crippen LogP contribution in [0.3, 0.4) is 0 Å². The topological polar surface area (TPSA) is 36.4 Å². The average molecular weight is 645 g/mol. The molecule has 4 heterocycles. The third kappa shape index (κ3) is 5.02. The molecule has 3 fully saturated rings. The molecule has 206 valence electrons. The van der Waals surface area contributed by atoms with Crippen LogP contribution in [0, 0.1) is 11.8 Å². The molecule has 3 aliphatic heterocycles. The van der Waals surface area contributed by atoms with Crippen LogP contribution in [0.2, 0.25) is 4.44 Å². The van der Waals surface area contributed by atoms with Crippen molar-refractivity contribution in [1.82, 2.24) is 9.88 Å². The first-order valence-electron chi connectivity index (χ1n) is 15.2. The van der Waals surface area contributed by atoms with Gasteiger partial charge in [-0.05, 0) is 0 Å². The number of hydrogen-bond donors (Lipinski definition) is 1. The molecule has 0 radical (unpaired) electrons. The van der Waals surface area contributed by atoms with E-state index < -0.39 is 24.5 Å². The van der Waals surface area contributed by atoms with Gasteiger partial charge in [-0.1, -0.05) is 0 Å². The molecule has 5 unspecified atom stereocenters. The van der Waals surface area contributed by atoms with Crippen molar-refractivity contribution in [2.45, 2.75) is 35.8 Å². The summed E-state index contributed by atoms with van der Waals surface area (Å²) in [6, 6.07) is 44.7. The summed E-state index contributed by atoms with van der Waals surface area (Å²) in [4.78, 5) is 7.14. The van der Waals surface area contributed by atoms with Gasteiger partial charge in [0, 0.05) is 0 Å². The number of piperidine rings is 3. The number of rotatable bonds is 8. The molecular weight excluding hydrogens is 607 g/mol. The molecule has 5 atom stereocenters. The molecule has 3 nitrogen and oxygen atoms in total. The van der Waals surface area contributed by atoms with Gasteiger partial charge in [0.05, 0.1) is 0 Å². The summed E-state index contributed by atoms with van der Waals surface area (Å²) < 4.78 is 5.97. The maximum atomic E-state index is 11.7. The Morgan fingerprint density at radius 3 is 1.93 bits per heavy atom. The molecule has 3 aliphatic rings. The number of aromatic nitrogens is 1. The number of benzene rings is 4. The van der Waals surface area contributed by atoms with E-state index in [4.69, 9.17) is 0 Å². The Bertz CT molecular complexity index is 1490. The number of nitrogens with zero attached hydrogens (tertiary/aromatic N) is 2. The number of para-hydroxylation sites is 1. The molecular formula is C37H38N2OSn. The van der Waals surface area contributed by atoms with Gasteiger partial charge in [-0.3, -0.25) is 0 Å². The first-order valence-corrected chi connectivity index (χ1v) is 21.5. The van der Waals surface area contributed by atoms with Gasteiger partial charge in [0.1, 0.15) is 0 Å². The van der Waals surface area contributed by atoms with Crippen molar-refractivity contribution >= 4 is 40.0 Å². The SMILES string of the molecule is OC(c1ccnc2ccccc12)C1CC2CCN1CC2C[CH2][Sn]([c]1ccccc1)([c]1ccccc1)[c]1ccccc1. The molecule has 0 saturated carbocycles. The minimum atomic E-state index is -3.27. The van der Waals surface area contributed by atoms with E-state index in [1.165, 1.54) is 17.3 Å². The molecule has 5 aromatic rings. The molecule has 1 N–H and O–H groups in total. The van der Waals surface area contributed by atoms with Gasteiger partial charge in [-0.2, -0.15) is 0 Å². The van der Waals surface area contributed by atoms with Gasteiger partial charge in [0.2, 0.25) is 0 Å². The molecule has 0 amide bonds. The summed E-state index contributed by atoms with van der Waals surface area (Å²) in [6.45, 7) is 2.19. The minimum absolute atomic E-state index is 0.182. The molecule has 0 spiro atoms. The predicted molar refractivity (Wildman–Crippen MR) is 172 cm³/mol. The fourth-order valence-electron chi connectivity index (χ4n) is 7.92.